The molecule has 5 N–H and O–H groups in total. The van der Waals surface area contributed by atoms with Crippen LogP contribution in [-0.4, -0.2) is 159 Å². The average Bonchev–Trinajstić information content (AvgIpc) is 2.80. The molecular formula is C23H46N6O7. The topological polar surface area (TPSA) is 161 Å². The van der Waals surface area contributed by atoms with Crippen molar-refractivity contribution in [3.05, 3.63) is 0 Å². The van der Waals surface area contributed by atoms with Gasteiger partial charge in [-0.3, -0.25) is 34.0 Å². The predicted octanol–water partition coefficient (Wildman–Crippen LogP) is -1.90. The van der Waals surface area contributed by atoms with Crippen molar-refractivity contribution in [2.24, 2.45) is 11.7 Å². The largest absolute Gasteiger partial charge is 0.480 e. The zero-order valence-electron chi connectivity index (χ0n) is 21.9. The van der Waals surface area contributed by atoms with Gasteiger partial charge in [0.1, 0.15) is 0 Å². The minimum atomic E-state index is -0.944. The number of nitrogens with two attached hydrogens (primary N) is 1. The number of hydrogen-bond donors (Lipinski definition) is 4. The Balaban J connectivity index is 2.56. The molecule has 0 aliphatic carbocycles. The molecule has 13 heteroatoms. The normalized spacial score (nSPS) is 18.0. The number of nitrogens with zero attached hydrogens (tertiary/aromatic N) is 4. The average molecular weight is 519 g/mol. The third-order valence-electron chi connectivity index (χ3n) is 5.66. The Hall–Kier alpha value is -1.87. The van der Waals surface area contributed by atoms with E-state index in [4.69, 9.17) is 15.2 Å². The maximum absolute atomic E-state index is 12.5. The predicted molar refractivity (Wildman–Crippen MR) is 135 cm³/mol. The van der Waals surface area contributed by atoms with Crippen molar-refractivity contribution in [2.45, 2.75) is 13.8 Å². The van der Waals surface area contributed by atoms with Crippen molar-refractivity contribution < 1.29 is 34.1 Å². The van der Waals surface area contributed by atoms with Gasteiger partial charge in [0.05, 0.1) is 39.5 Å². The van der Waals surface area contributed by atoms with E-state index in [1.807, 2.05) is 9.80 Å². The molecule has 1 fully saturated rings. The summed E-state index contributed by atoms with van der Waals surface area (Å²) in [4.78, 5) is 42.7. The summed E-state index contributed by atoms with van der Waals surface area (Å²) in [5, 5.41) is 21.4. The number of amides is 1. The van der Waals surface area contributed by atoms with Gasteiger partial charge in [-0.25, -0.2) is 0 Å². The quantitative estimate of drug-likeness (QED) is 0.179. The van der Waals surface area contributed by atoms with Crippen molar-refractivity contribution in [2.75, 3.05) is 112 Å². The number of carbonyl (C=O) groups is 3. The molecule has 0 aromatic carbocycles. The molecule has 1 aliphatic rings. The van der Waals surface area contributed by atoms with Crippen molar-refractivity contribution in [3.8, 4) is 0 Å². The van der Waals surface area contributed by atoms with Crippen LogP contribution in [0.3, 0.4) is 0 Å². The standard InChI is InChI=1S/C23H46N6O7/c1-20(2)18-36-14-13-35-12-3-25-21(30)15-26-4-5-27(16-22(31)32)6-7-28(17-23(33)34)9-11-29(19-24)10-8-26/h20H,3-19,24H2,1-2H3,(H,25,30)(H,31,32)(H,33,34). The van der Waals surface area contributed by atoms with Crippen LogP contribution in [0, 0.1) is 5.92 Å². The molecule has 210 valence electrons. The Morgan fingerprint density at radius 1 is 0.750 bits per heavy atom. The summed E-state index contributed by atoms with van der Waals surface area (Å²) in [5.74, 6) is -1.51. The summed E-state index contributed by atoms with van der Waals surface area (Å²) in [5.41, 5.74) is 5.89. The molecule has 13 nitrogen and oxygen atoms in total. The van der Waals surface area contributed by atoms with Gasteiger partial charge >= 0.3 is 11.9 Å². The van der Waals surface area contributed by atoms with Crippen LogP contribution in [0.5, 0.6) is 0 Å². The highest BCUT2D eigenvalue weighted by Crippen LogP contribution is 2.01. The third-order valence-corrected chi connectivity index (χ3v) is 5.66. The fourth-order valence-electron chi connectivity index (χ4n) is 3.68. The summed E-state index contributed by atoms with van der Waals surface area (Å²) in [7, 11) is 0. The molecule has 36 heavy (non-hydrogen) atoms. The second-order valence-electron chi connectivity index (χ2n) is 9.35. The fraction of sp³-hybridized carbons (Fsp3) is 0.870. The van der Waals surface area contributed by atoms with Crippen LogP contribution < -0.4 is 11.1 Å². The first-order valence-electron chi connectivity index (χ1n) is 12.6. The van der Waals surface area contributed by atoms with Crippen molar-refractivity contribution in [1.29, 1.82) is 0 Å². The van der Waals surface area contributed by atoms with Crippen molar-refractivity contribution in [3.63, 3.8) is 0 Å². The molecular weight excluding hydrogens is 472 g/mol. The molecule has 0 radical (unpaired) electrons. The van der Waals surface area contributed by atoms with E-state index >= 15 is 0 Å². The van der Waals surface area contributed by atoms with E-state index in [2.05, 4.69) is 19.2 Å². The molecule has 0 bridgehead atoms. The Morgan fingerprint density at radius 3 is 1.64 bits per heavy atom. The first-order chi connectivity index (χ1) is 17.2. The molecule has 1 saturated heterocycles. The molecule has 1 aliphatic heterocycles. The van der Waals surface area contributed by atoms with Crippen LogP contribution in [0.2, 0.25) is 0 Å². The van der Waals surface area contributed by atoms with Gasteiger partial charge in [-0.2, -0.15) is 0 Å². The molecule has 0 unspecified atom stereocenters. The van der Waals surface area contributed by atoms with Gasteiger partial charge in [-0.05, 0) is 5.92 Å². The van der Waals surface area contributed by atoms with Gasteiger partial charge in [0.15, 0.2) is 0 Å². The monoisotopic (exact) mass is 518 g/mol. The summed E-state index contributed by atoms with van der Waals surface area (Å²) < 4.78 is 10.9. The fourth-order valence-corrected chi connectivity index (χ4v) is 3.68. The molecule has 0 spiro atoms. The second kappa shape index (κ2) is 19.3. The minimum Gasteiger partial charge on any atom is -0.480 e. The minimum absolute atomic E-state index is 0.111. The first kappa shape index (κ1) is 32.2. The summed E-state index contributed by atoms with van der Waals surface area (Å²) in [6, 6.07) is 0. The van der Waals surface area contributed by atoms with Gasteiger partial charge in [0.2, 0.25) is 5.91 Å². The number of rotatable bonds is 15. The van der Waals surface area contributed by atoms with E-state index in [0.717, 1.165) is 0 Å². The van der Waals surface area contributed by atoms with Crippen LogP contribution in [0.4, 0.5) is 0 Å². The maximum Gasteiger partial charge on any atom is 0.317 e. The highest BCUT2D eigenvalue weighted by molar-refractivity contribution is 5.78. The van der Waals surface area contributed by atoms with Gasteiger partial charge in [-0.15, -0.1) is 0 Å². The van der Waals surface area contributed by atoms with Crippen LogP contribution in [-0.2, 0) is 23.9 Å². The van der Waals surface area contributed by atoms with E-state index < -0.39 is 11.9 Å². The second-order valence-corrected chi connectivity index (χ2v) is 9.35. The van der Waals surface area contributed by atoms with Gasteiger partial charge < -0.3 is 30.7 Å². The van der Waals surface area contributed by atoms with Crippen molar-refractivity contribution >= 4 is 17.8 Å². The Labute approximate surface area is 214 Å². The summed E-state index contributed by atoms with van der Waals surface area (Å²) in [6.45, 7) is 11.0. The molecule has 0 aromatic heterocycles. The van der Waals surface area contributed by atoms with E-state index in [0.29, 0.717) is 97.9 Å². The third kappa shape index (κ3) is 16.7. The Kier molecular flexibility index (Phi) is 17.2. The number of hydrogen-bond acceptors (Lipinski definition) is 10. The number of ether oxygens (including phenoxy) is 2. The lowest BCUT2D eigenvalue weighted by atomic mass is 10.2. The zero-order valence-corrected chi connectivity index (χ0v) is 21.9. The van der Waals surface area contributed by atoms with Crippen molar-refractivity contribution in [1.82, 2.24) is 24.9 Å². The summed E-state index contributed by atoms with van der Waals surface area (Å²) >= 11 is 0. The lowest BCUT2D eigenvalue weighted by molar-refractivity contribution is -0.140. The highest BCUT2D eigenvalue weighted by atomic mass is 16.5. The molecule has 0 atom stereocenters. The molecule has 0 aromatic rings. The smallest absolute Gasteiger partial charge is 0.317 e. The van der Waals surface area contributed by atoms with Crippen LogP contribution in [0.1, 0.15) is 13.8 Å². The number of aliphatic carboxylic acids is 2. The number of carbonyl (C=O) groups excluding carboxylic acids is 1. The highest BCUT2D eigenvalue weighted by Gasteiger charge is 2.19. The number of carboxylic acids is 2. The van der Waals surface area contributed by atoms with Crippen LogP contribution in [0.15, 0.2) is 0 Å². The maximum atomic E-state index is 12.5. The van der Waals surface area contributed by atoms with Gasteiger partial charge in [0, 0.05) is 72.2 Å². The zero-order chi connectivity index (χ0) is 26.8. The van der Waals surface area contributed by atoms with Gasteiger partial charge in [-0.1, -0.05) is 13.8 Å². The lowest BCUT2D eigenvalue weighted by Crippen LogP contribution is -2.50. The molecule has 1 amide bonds. The number of nitrogens with one attached hydrogen (secondary N) is 1. The first-order valence-corrected chi connectivity index (χ1v) is 12.6. The van der Waals surface area contributed by atoms with E-state index in [1.54, 1.807) is 9.80 Å². The molecule has 1 heterocycles. The lowest BCUT2D eigenvalue weighted by Gasteiger charge is -2.32. The van der Waals surface area contributed by atoms with E-state index in [9.17, 15) is 24.6 Å². The summed E-state index contributed by atoms with van der Waals surface area (Å²) in [6.07, 6.45) is 0. The van der Waals surface area contributed by atoms with Crippen LogP contribution in [0.25, 0.3) is 0 Å². The van der Waals surface area contributed by atoms with E-state index in [1.165, 1.54) is 0 Å². The van der Waals surface area contributed by atoms with Gasteiger partial charge in [0.25, 0.3) is 0 Å². The number of carboxylic acid groups (broad SMARTS) is 2. The Morgan fingerprint density at radius 2 is 1.19 bits per heavy atom. The van der Waals surface area contributed by atoms with Crippen LogP contribution >= 0.6 is 0 Å². The molecule has 0 saturated carbocycles. The molecule has 1 rings (SSSR count). The Bertz CT molecular complexity index is 640. The SMILES string of the molecule is CC(C)COCCOCCNC(=O)CN1CCN(CN)CCN(CC(=O)O)CCN(CC(=O)O)CC1. The van der Waals surface area contributed by atoms with E-state index in [-0.39, 0.29) is 25.5 Å².